The first-order valence-electron chi connectivity index (χ1n) is 10.5. The van der Waals surface area contributed by atoms with Crippen molar-refractivity contribution in [3.05, 3.63) is 106 Å². The Hall–Kier alpha value is -4.13. The Labute approximate surface area is 192 Å². The van der Waals surface area contributed by atoms with Crippen LogP contribution in [0.1, 0.15) is 38.2 Å². The highest BCUT2D eigenvalue weighted by atomic mass is 16.7. The predicted octanol–water partition coefficient (Wildman–Crippen LogP) is 3.98. The molecule has 0 bridgehead atoms. The van der Waals surface area contributed by atoms with Gasteiger partial charge in [-0.1, -0.05) is 71.4 Å². The van der Waals surface area contributed by atoms with E-state index in [1.54, 1.807) is 48.5 Å². The summed E-state index contributed by atoms with van der Waals surface area (Å²) >= 11 is 0. The minimum atomic E-state index is -1.83. The molecule has 3 aromatic carbocycles. The van der Waals surface area contributed by atoms with Crippen molar-refractivity contribution in [2.24, 2.45) is 5.16 Å². The summed E-state index contributed by atoms with van der Waals surface area (Å²) in [6, 6.07) is 21.6. The fourth-order valence-electron chi connectivity index (χ4n) is 4.15. The summed E-state index contributed by atoms with van der Waals surface area (Å²) in [4.78, 5) is 32.3. The first-order chi connectivity index (χ1) is 15.9. The third-order valence-corrected chi connectivity index (χ3v) is 5.57. The molecule has 168 valence electrons. The number of benzene rings is 3. The summed E-state index contributed by atoms with van der Waals surface area (Å²) in [6.45, 7) is 5.92. The van der Waals surface area contributed by atoms with Gasteiger partial charge in [0.2, 0.25) is 0 Å². The van der Waals surface area contributed by atoms with Gasteiger partial charge >= 0.3 is 11.7 Å². The lowest BCUT2D eigenvalue weighted by atomic mass is 9.96. The Bertz CT molecular complexity index is 1200. The lowest BCUT2D eigenvalue weighted by molar-refractivity contribution is -0.189. The van der Waals surface area contributed by atoms with Gasteiger partial charge in [-0.25, -0.2) is 9.80 Å². The number of rotatable bonds is 5. The van der Waals surface area contributed by atoms with E-state index in [0.29, 0.717) is 17.0 Å². The van der Waals surface area contributed by atoms with E-state index >= 15 is 0 Å². The van der Waals surface area contributed by atoms with E-state index in [0.717, 1.165) is 22.3 Å². The number of methoxy groups -OCH3 is 1. The molecular formula is C26H25N3O4. The fraction of sp³-hybridized carbons (Fsp3) is 0.192. The first-order valence-corrected chi connectivity index (χ1v) is 10.5. The summed E-state index contributed by atoms with van der Waals surface area (Å²) in [5, 5.41) is 5.68. The van der Waals surface area contributed by atoms with Crippen molar-refractivity contribution < 1.29 is 19.2 Å². The Morgan fingerprint density at radius 2 is 1.52 bits per heavy atom. The second-order valence-corrected chi connectivity index (χ2v) is 7.92. The smallest absolute Gasteiger partial charge is 0.381 e. The molecule has 7 nitrogen and oxygen atoms in total. The van der Waals surface area contributed by atoms with Crippen molar-refractivity contribution >= 4 is 17.7 Å². The van der Waals surface area contributed by atoms with Crippen LogP contribution < -0.4 is 5.43 Å². The predicted molar refractivity (Wildman–Crippen MR) is 124 cm³/mol. The first kappa shape index (κ1) is 22.1. The average Bonchev–Trinajstić information content (AvgIpc) is 3.18. The highest BCUT2D eigenvalue weighted by Gasteiger charge is 2.57. The molecule has 1 heterocycles. The number of nitrogens with one attached hydrogen (secondary N) is 1. The van der Waals surface area contributed by atoms with Gasteiger partial charge in [0.1, 0.15) is 0 Å². The van der Waals surface area contributed by atoms with Crippen LogP contribution in [0.15, 0.2) is 78.0 Å². The molecule has 7 heteroatoms. The van der Waals surface area contributed by atoms with Gasteiger partial charge in [-0.2, -0.15) is 0 Å². The molecule has 0 fully saturated rings. The van der Waals surface area contributed by atoms with Gasteiger partial charge in [0, 0.05) is 16.7 Å². The maximum atomic E-state index is 13.3. The van der Waals surface area contributed by atoms with E-state index in [4.69, 9.17) is 9.57 Å². The number of ether oxygens (including phenoxy) is 1. The van der Waals surface area contributed by atoms with Crippen LogP contribution in [-0.4, -0.2) is 29.8 Å². The third kappa shape index (κ3) is 3.82. The molecule has 1 atom stereocenters. The summed E-state index contributed by atoms with van der Waals surface area (Å²) < 4.78 is 5.14. The van der Waals surface area contributed by atoms with Crippen molar-refractivity contribution in [1.82, 2.24) is 10.4 Å². The van der Waals surface area contributed by atoms with Crippen LogP contribution in [-0.2, 0) is 20.1 Å². The van der Waals surface area contributed by atoms with Crippen LogP contribution in [0.3, 0.4) is 0 Å². The van der Waals surface area contributed by atoms with Crippen LogP contribution in [0.4, 0.5) is 0 Å². The van der Waals surface area contributed by atoms with Crippen molar-refractivity contribution in [3.63, 3.8) is 0 Å². The number of nitrogens with zero attached hydrogens (tertiary/aromatic N) is 2. The molecule has 3 aromatic rings. The Balaban J connectivity index is 1.89. The molecule has 0 saturated heterocycles. The van der Waals surface area contributed by atoms with E-state index in [1.807, 2.05) is 45.0 Å². The molecule has 33 heavy (non-hydrogen) atoms. The van der Waals surface area contributed by atoms with E-state index < -0.39 is 17.6 Å². The van der Waals surface area contributed by atoms with Crippen LogP contribution in [0, 0.1) is 20.8 Å². The van der Waals surface area contributed by atoms with Crippen molar-refractivity contribution in [2.45, 2.75) is 26.5 Å². The lowest BCUT2D eigenvalue weighted by Gasteiger charge is -2.35. The minimum absolute atomic E-state index is 0.309. The zero-order chi connectivity index (χ0) is 23.6. The van der Waals surface area contributed by atoms with Crippen molar-refractivity contribution in [3.8, 4) is 0 Å². The molecule has 0 aromatic heterocycles. The fourth-order valence-corrected chi connectivity index (χ4v) is 4.15. The highest BCUT2D eigenvalue weighted by molar-refractivity contribution is 6.06. The van der Waals surface area contributed by atoms with Crippen LogP contribution >= 0.6 is 0 Å². The zero-order valence-electron chi connectivity index (χ0n) is 19.0. The average molecular weight is 444 g/mol. The number of carbonyl (C=O) groups is 2. The molecule has 0 aliphatic carbocycles. The quantitative estimate of drug-likeness (QED) is 0.604. The highest BCUT2D eigenvalue weighted by Crippen LogP contribution is 2.38. The number of carbonyl (C=O) groups excluding carboxylic acids is 2. The summed E-state index contributed by atoms with van der Waals surface area (Å²) in [6.07, 6.45) is 0. The second kappa shape index (κ2) is 8.78. The van der Waals surface area contributed by atoms with E-state index in [-0.39, 0.29) is 0 Å². The SMILES string of the molecule is COC(=O)C1(c2ccccc2)ON=C(c2c(C)cc(C)cc2C)N1NC(=O)c1ccccc1. The summed E-state index contributed by atoms with van der Waals surface area (Å²) in [5.41, 5.74) is 5.63. The maximum Gasteiger partial charge on any atom is 0.381 e. The van der Waals surface area contributed by atoms with Gasteiger partial charge in [0.15, 0.2) is 5.84 Å². The number of oxime groups is 1. The van der Waals surface area contributed by atoms with E-state index in [9.17, 15) is 9.59 Å². The molecule has 0 saturated carbocycles. The van der Waals surface area contributed by atoms with Crippen molar-refractivity contribution in [1.29, 1.82) is 0 Å². The van der Waals surface area contributed by atoms with Gasteiger partial charge in [0.25, 0.3) is 5.91 Å². The Morgan fingerprint density at radius 3 is 2.09 bits per heavy atom. The molecule has 1 aliphatic rings. The molecule has 4 rings (SSSR count). The number of amidine groups is 1. The van der Waals surface area contributed by atoms with E-state index in [2.05, 4.69) is 10.6 Å². The maximum absolute atomic E-state index is 13.3. The van der Waals surface area contributed by atoms with Crippen LogP contribution in [0.5, 0.6) is 0 Å². The standard InChI is InChI=1S/C26H25N3O4/c1-17-15-18(2)22(19(3)16-17)23-28-33-26(25(31)32-4,21-13-9-6-10-14-21)29(23)27-24(30)20-11-7-5-8-12-20/h5-16H,1-4H3,(H,27,30). The monoisotopic (exact) mass is 443 g/mol. The number of hydrazine groups is 1. The van der Waals surface area contributed by atoms with Gasteiger partial charge < -0.3 is 9.57 Å². The van der Waals surface area contributed by atoms with Gasteiger partial charge in [-0.3, -0.25) is 10.2 Å². The van der Waals surface area contributed by atoms with Crippen LogP contribution in [0.2, 0.25) is 0 Å². The van der Waals surface area contributed by atoms with Gasteiger partial charge in [-0.15, -0.1) is 0 Å². The number of hydrogen-bond acceptors (Lipinski definition) is 6. The molecule has 0 spiro atoms. The number of esters is 1. The normalized spacial score (nSPS) is 17.2. The molecule has 1 amide bonds. The van der Waals surface area contributed by atoms with Crippen LogP contribution in [0.25, 0.3) is 0 Å². The number of hydrogen-bond donors (Lipinski definition) is 1. The Morgan fingerprint density at radius 1 is 0.939 bits per heavy atom. The Kier molecular flexibility index (Phi) is 5.87. The zero-order valence-corrected chi connectivity index (χ0v) is 19.0. The molecule has 1 unspecified atom stereocenters. The lowest BCUT2D eigenvalue weighted by Crippen LogP contribution is -2.60. The second-order valence-electron chi connectivity index (χ2n) is 7.92. The minimum Gasteiger partial charge on any atom is -0.464 e. The summed E-state index contributed by atoms with van der Waals surface area (Å²) in [5.74, 6) is -0.827. The number of aryl methyl sites for hydroxylation is 3. The molecular weight excluding hydrogens is 418 g/mol. The number of amides is 1. The topological polar surface area (TPSA) is 80.2 Å². The molecule has 1 N–H and O–H groups in total. The third-order valence-electron chi connectivity index (χ3n) is 5.57. The van der Waals surface area contributed by atoms with E-state index in [1.165, 1.54) is 12.1 Å². The van der Waals surface area contributed by atoms with Gasteiger partial charge in [-0.05, 0) is 44.0 Å². The largest absolute Gasteiger partial charge is 0.464 e. The van der Waals surface area contributed by atoms with Gasteiger partial charge in [0.05, 0.1) is 7.11 Å². The summed E-state index contributed by atoms with van der Waals surface area (Å²) in [7, 11) is 1.27. The van der Waals surface area contributed by atoms with Crippen molar-refractivity contribution in [2.75, 3.05) is 7.11 Å². The molecule has 1 aliphatic heterocycles. The molecule has 0 radical (unpaired) electrons.